The molecule has 1 fully saturated rings. The van der Waals surface area contributed by atoms with E-state index in [2.05, 4.69) is 4.74 Å². The van der Waals surface area contributed by atoms with Crippen LogP contribution in [0.2, 0.25) is 0 Å². The lowest BCUT2D eigenvalue weighted by Crippen LogP contribution is -2.37. The van der Waals surface area contributed by atoms with Crippen LogP contribution in [-0.2, 0) is 14.3 Å². The van der Waals surface area contributed by atoms with Crippen molar-refractivity contribution in [3.8, 4) is 0 Å². The van der Waals surface area contributed by atoms with Gasteiger partial charge in [-0.05, 0) is 25.2 Å². The normalized spacial score (nSPS) is 27.9. The summed E-state index contributed by atoms with van der Waals surface area (Å²) in [5.74, 6) is -0.351. The zero-order valence-electron chi connectivity index (χ0n) is 11.1. The van der Waals surface area contributed by atoms with Crippen LogP contribution in [0, 0.1) is 11.3 Å². The molecule has 4 nitrogen and oxygen atoms in total. The van der Waals surface area contributed by atoms with Crippen LogP contribution >= 0.6 is 0 Å². The predicted molar refractivity (Wildman–Crippen MR) is 67.9 cm³/mol. The molecule has 4 heteroatoms. The van der Waals surface area contributed by atoms with Crippen LogP contribution in [0.3, 0.4) is 0 Å². The van der Waals surface area contributed by atoms with Crippen LogP contribution in [0.25, 0.3) is 0 Å². The van der Waals surface area contributed by atoms with Gasteiger partial charge in [-0.3, -0.25) is 9.59 Å². The van der Waals surface area contributed by atoms with Crippen LogP contribution in [0.4, 0.5) is 0 Å². The first-order valence-corrected chi connectivity index (χ1v) is 6.46. The quantitative estimate of drug-likeness (QED) is 0.580. The average molecular weight is 254 g/mol. The maximum atomic E-state index is 12.1. The van der Waals surface area contributed by atoms with Crippen molar-refractivity contribution in [3.63, 3.8) is 0 Å². The Morgan fingerprint density at radius 1 is 1.56 bits per heavy atom. The fourth-order valence-corrected chi connectivity index (χ4v) is 2.66. The molecule has 0 saturated heterocycles. The molecule has 102 valence electrons. The molecule has 0 aliphatic heterocycles. The monoisotopic (exact) mass is 254 g/mol. The molecule has 0 spiro atoms. The molecule has 2 atom stereocenters. The molecule has 1 aliphatic carbocycles. The summed E-state index contributed by atoms with van der Waals surface area (Å²) in [4.78, 5) is 23.4. The van der Waals surface area contributed by atoms with E-state index in [0.717, 1.165) is 6.42 Å². The Labute approximate surface area is 108 Å². The van der Waals surface area contributed by atoms with Gasteiger partial charge in [0, 0.05) is 12.8 Å². The zero-order valence-corrected chi connectivity index (χ0v) is 11.1. The molecular weight excluding hydrogens is 232 g/mol. The molecular formula is C14H22O4. The van der Waals surface area contributed by atoms with E-state index in [1.165, 1.54) is 7.11 Å². The summed E-state index contributed by atoms with van der Waals surface area (Å²) in [5, 5.41) is 9.64. The third kappa shape index (κ3) is 2.99. The van der Waals surface area contributed by atoms with Gasteiger partial charge in [-0.2, -0.15) is 0 Å². The Morgan fingerprint density at radius 2 is 2.28 bits per heavy atom. The number of hydrogen-bond acceptors (Lipinski definition) is 4. The molecule has 0 radical (unpaired) electrons. The molecule has 0 heterocycles. The number of ketones is 1. The second-order valence-electron chi connectivity index (χ2n) is 4.84. The first-order chi connectivity index (χ1) is 8.60. The van der Waals surface area contributed by atoms with Gasteiger partial charge in [0.05, 0.1) is 19.1 Å². The summed E-state index contributed by atoms with van der Waals surface area (Å²) in [5.41, 5.74) is -0.778. The topological polar surface area (TPSA) is 63.6 Å². The zero-order chi connectivity index (χ0) is 13.6. The highest BCUT2D eigenvalue weighted by Crippen LogP contribution is 2.45. The summed E-state index contributed by atoms with van der Waals surface area (Å²) in [7, 11) is 1.34. The fraction of sp³-hybridized carbons (Fsp3) is 0.714. The molecule has 0 aromatic rings. The maximum Gasteiger partial charge on any atom is 0.305 e. The van der Waals surface area contributed by atoms with E-state index in [1.54, 1.807) is 0 Å². The fourth-order valence-electron chi connectivity index (χ4n) is 2.66. The van der Waals surface area contributed by atoms with E-state index < -0.39 is 5.41 Å². The highest BCUT2D eigenvalue weighted by Gasteiger charge is 2.49. The number of aliphatic hydroxyl groups is 1. The van der Waals surface area contributed by atoms with E-state index >= 15 is 0 Å². The van der Waals surface area contributed by atoms with E-state index in [4.69, 9.17) is 0 Å². The van der Waals surface area contributed by atoms with E-state index in [1.807, 2.05) is 19.1 Å². The first-order valence-electron chi connectivity index (χ1n) is 6.46. The van der Waals surface area contributed by atoms with Crippen LogP contribution < -0.4 is 0 Å². The van der Waals surface area contributed by atoms with Gasteiger partial charge in [-0.25, -0.2) is 0 Å². The summed E-state index contributed by atoms with van der Waals surface area (Å²) in [6.07, 6.45) is 6.65. The number of carbonyl (C=O) groups is 2. The van der Waals surface area contributed by atoms with Gasteiger partial charge in [-0.15, -0.1) is 0 Å². The van der Waals surface area contributed by atoms with Crippen molar-refractivity contribution in [1.82, 2.24) is 0 Å². The minimum Gasteiger partial charge on any atom is -0.469 e. The highest BCUT2D eigenvalue weighted by molar-refractivity contribution is 5.88. The number of ether oxygens (including phenoxy) is 1. The Bertz CT molecular complexity index is 335. The van der Waals surface area contributed by atoms with Crippen molar-refractivity contribution >= 4 is 11.8 Å². The minimum atomic E-state index is -0.778. The number of carbonyl (C=O) groups excluding carboxylic acids is 2. The summed E-state index contributed by atoms with van der Waals surface area (Å²) >= 11 is 0. The second-order valence-corrected chi connectivity index (χ2v) is 4.84. The lowest BCUT2D eigenvalue weighted by Gasteiger charge is -2.30. The van der Waals surface area contributed by atoms with Gasteiger partial charge in [0.2, 0.25) is 0 Å². The molecule has 0 aromatic heterocycles. The van der Waals surface area contributed by atoms with Crippen molar-refractivity contribution in [1.29, 1.82) is 0 Å². The average Bonchev–Trinajstić information content (AvgIpc) is 2.68. The molecule has 0 unspecified atom stereocenters. The van der Waals surface area contributed by atoms with Crippen molar-refractivity contribution < 1.29 is 19.4 Å². The molecule has 0 amide bonds. The van der Waals surface area contributed by atoms with Crippen molar-refractivity contribution in [2.45, 2.75) is 39.0 Å². The second kappa shape index (κ2) is 6.69. The molecule has 1 N–H and O–H groups in total. The van der Waals surface area contributed by atoms with Gasteiger partial charge in [0.25, 0.3) is 0 Å². The lowest BCUT2D eigenvalue weighted by molar-refractivity contribution is -0.143. The molecule has 1 rings (SSSR count). The third-order valence-corrected chi connectivity index (χ3v) is 3.86. The van der Waals surface area contributed by atoms with Gasteiger partial charge >= 0.3 is 5.97 Å². The van der Waals surface area contributed by atoms with E-state index in [0.29, 0.717) is 19.3 Å². The highest BCUT2D eigenvalue weighted by atomic mass is 16.5. The number of methoxy groups -OCH3 is 1. The maximum absolute atomic E-state index is 12.1. The van der Waals surface area contributed by atoms with Crippen molar-refractivity contribution in [3.05, 3.63) is 12.2 Å². The van der Waals surface area contributed by atoms with Crippen molar-refractivity contribution in [2.75, 3.05) is 13.7 Å². The summed E-state index contributed by atoms with van der Waals surface area (Å²) in [6.45, 7) is 1.83. The van der Waals surface area contributed by atoms with Gasteiger partial charge < -0.3 is 9.84 Å². The third-order valence-electron chi connectivity index (χ3n) is 3.86. The van der Waals surface area contributed by atoms with Crippen LogP contribution in [0.1, 0.15) is 39.0 Å². The summed E-state index contributed by atoms with van der Waals surface area (Å²) < 4.78 is 4.66. The smallest absolute Gasteiger partial charge is 0.305 e. The largest absolute Gasteiger partial charge is 0.469 e. The number of esters is 1. The molecule has 0 aromatic carbocycles. The Balaban J connectivity index is 2.84. The predicted octanol–water partition coefficient (Wildman–Crippen LogP) is 1.86. The Kier molecular flexibility index (Phi) is 5.54. The number of aliphatic hydroxyl groups excluding tert-OH is 1. The number of rotatable bonds is 6. The number of hydrogen-bond donors (Lipinski definition) is 1. The molecule has 1 saturated carbocycles. The molecule has 18 heavy (non-hydrogen) atoms. The Morgan fingerprint density at radius 3 is 2.83 bits per heavy atom. The Hall–Kier alpha value is -1.16. The minimum absolute atomic E-state index is 0.0691. The first kappa shape index (κ1) is 14.9. The van der Waals surface area contributed by atoms with Gasteiger partial charge in [0.15, 0.2) is 0 Å². The van der Waals surface area contributed by atoms with Crippen molar-refractivity contribution in [2.24, 2.45) is 11.3 Å². The number of allylic oxidation sites excluding steroid dienone is 2. The van der Waals surface area contributed by atoms with E-state index in [9.17, 15) is 14.7 Å². The van der Waals surface area contributed by atoms with E-state index in [-0.39, 0.29) is 30.7 Å². The number of Topliss-reactive ketones (excluding diaryl/α,β-unsaturated/α-hetero) is 1. The van der Waals surface area contributed by atoms with Gasteiger partial charge in [0.1, 0.15) is 5.78 Å². The lowest BCUT2D eigenvalue weighted by atomic mass is 9.73. The van der Waals surface area contributed by atoms with Gasteiger partial charge in [-0.1, -0.05) is 19.1 Å². The van der Waals surface area contributed by atoms with Crippen LogP contribution in [0.5, 0.6) is 0 Å². The molecule has 0 bridgehead atoms. The van der Waals surface area contributed by atoms with Crippen LogP contribution in [0.15, 0.2) is 12.2 Å². The standard InChI is InChI=1S/C14H22O4/c1-3-4-5-8-14(10-15)11(6-7-12(14)16)9-13(17)18-2/h4-5,11,15H,3,6-10H2,1-2H3/b5-4-/t11-,14-/m1/s1. The van der Waals surface area contributed by atoms with Crippen LogP contribution in [-0.4, -0.2) is 30.6 Å². The SMILES string of the molecule is CC/C=C\C[C@]1(CO)C(=O)CC[C@@H]1CC(=O)OC. The molecule has 1 aliphatic rings. The summed E-state index contributed by atoms with van der Waals surface area (Å²) in [6, 6.07) is 0.